The Kier molecular flexibility index (Phi) is 21.8. The van der Waals surface area contributed by atoms with Crippen LogP contribution in [0.2, 0.25) is 0 Å². The first-order chi connectivity index (χ1) is 28.5. The molecule has 3 aliphatic heterocycles. The van der Waals surface area contributed by atoms with E-state index in [1.807, 2.05) is 58.9 Å². The summed E-state index contributed by atoms with van der Waals surface area (Å²) in [7, 11) is -7.86. The van der Waals surface area contributed by atoms with Crippen molar-refractivity contribution in [2.75, 3.05) is 38.1 Å². The van der Waals surface area contributed by atoms with Gasteiger partial charge >= 0.3 is 14.2 Å². The lowest BCUT2D eigenvalue weighted by Gasteiger charge is -2.32. The van der Waals surface area contributed by atoms with Crippen LogP contribution in [-0.2, 0) is 61.1 Å². The van der Waals surface area contributed by atoms with Gasteiger partial charge in [0.2, 0.25) is 0 Å². The molecular formula is C45H65B2ClO13S2. The Morgan fingerprint density at radius 1 is 0.651 bits per heavy atom. The normalized spacial score (nSPS) is 15.9. The van der Waals surface area contributed by atoms with E-state index in [2.05, 4.69) is 0 Å². The molecule has 63 heavy (non-hydrogen) atoms. The Balaban J connectivity index is 0.000000392. The summed E-state index contributed by atoms with van der Waals surface area (Å²) >= 11 is 0. The smallest absolute Gasteiger partial charge is 0.457 e. The number of sulfone groups is 2. The van der Waals surface area contributed by atoms with Gasteiger partial charge in [-0.1, -0.05) is 40.8 Å². The van der Waals surface area contributed by atoms with Crippen LogP contribution >= 0.6 is 12.4 Å². The molecule has 0 atom stereocenters. The first kappa shape index (κ1) is 55.7. The zero-order chi connectivity index (χ0) is 43.6. The highest BCUT2D eigenvalue weighted by atomic mass is 35.5. The van der Waals surface area contributed by atoms with Crippen LogP contribution in [0.15, 0.2) is 94.7 Å². The van der Waals surface area contributed by atoms with E-state index >= 15 is 0 Å². The third kappa shape index (κ3) is 15.0. The zero-order valence-electron chi connectivity index (χ0n) is 35.9. The molecule has 2 fully saturated rings. The highest BCUT2D eigenvalue weighted by Gasteiger charge is 2.52. The molecule has 4 aromatic rings. The minimum atomic E-state index is -3.26. The van der Waals surface area contributed by atoms with E-state index < -0.39 is 45.1 Å². The average molecular weight is 935 g/mol. The molecule has 2 saturated heterocycles. The molecule has 3 aliphatic rings. The Morgan fingerprint density at radius 2 is 1.11 bits per heavy atom. The Bertz CT molecular complexity index is 2210. The molecule has 0 aromatic heterocycles. The molecule has 3 heterocycles. The van der Waals surface area contributed by atoms with Crippen LogP contribution < -0.4 is 20.4 Å². The molecule has 4 aromatic carbocycles. The fraction of sp³-hybridized carbons (Fsp3) is 0.467. The number of halogens is 1. The van der Waals surface area contributed by atoms with Crippen LogP contribution in [0, 0.1) is 0 Å². The first-order valence-corrected chi connectivity index (χ1v) is 23.4. The van der Waals surface area contributed by atoms with Crippen molar-refractivity contribution in [3.8, 4) is 23.0 Å². The molecule has 18 heteroatoms. The van der Waals surface area contributed by atoms with E-state index in [0.717, 1.165) is 35.3 Å². The second-order valence-electron chi connectivity index (χ2n) is 15.2. The maximum atomic E-state index is 12.0. The monoisotopic (exact) mass is 934 g/mol. The van der Waals surface area contributed by atoms with E-state index in [9.17, 15) is 21.9 Å². The zero-order valence-corrected chi connectivity index (χ0v) is 38.3. The molecule has 348 valence electrons. The molecule has 0 aliphatic carbocycles. The van der Waals surface area contributed by atoms with Gasteiger partial charge in [0, 0.05) is 19.8 Å². The lowest BCUT2D eigenvalue weighted by Crippen LogP contribution is -2.41. The van der Waals surface area contributed by atoms with Crippen molar-refractivity contribution in [2.24, 2.45) is 0 Å². The second kappa shape index (κ2) is 24.7. The molecule has 0 radical (unpaired) electrons. The Morgan fingerprint density at radius 3 is 1.56 bits per heavy atom. The van der Waals surface area contributed by atoms with E-state index in [1.165, 1.54) is 25.0 Å². The van der Waals surface area contributed by atoms with Gasteiger partial charge in [0.15, 0.2) is 19.7 Å². The molecule has 13 nitrogen and oxygen atoms in total. The predicted octanol–water partition coefficient (Wildman–Crippen LogP) is 8.06. The van der Waals surface area contributed by atoms with E-state index in [-0.39, 0.29) is 55.3 Å². The number of hydrogen-bond acceptors (Lipinski definition) is 13. The molecular weight excluding hydrogens is 870 g/mol. The minimum absolute atomic E-state index is 0. The lowest BCUT2D eigenvalue weighted by atomic mass is 9.76. The van der Waals surface area contributed by atoms with Crippen molar-refractivity contribution >= 4 is 57.2 Å². The van der Waals surface area contributed by atoms with Gasteiger partial charge in [-0.05, 0) is 142 Å². The van der Waals surface area contributed by atoms with E-state index in [1.54, 1.807) is 62.4 Å². The van der Waals surface area contributed by atoms with Crippen LogP contribution in [0.5, 0.6) is 23.0 Å². The van der Waals surface area contributed by atoms with Gasteiger partial charge in [0.25, 0.3) is 0 Å². The number of hydrogen-bond donors (Lipinski definition) is 1. The summed E-state index contributed by atoms with van der Waals surface area (Å²) in [5.74, 6) is 2.42. The van der Waals surface area contributed by atoms with Gasteiger partial charge in [-0.15, -0.1) is 12.4 Å². The standard InChI is InChI=1S/C24H33BO7S.C15H15BO5S.C4H8O.2CH4.ClH/c1-7-28-17-29-16-18-15-20(30-19-9-12-21(13-10-19)33(26,27)8-2)11-14-22(18)25-31-23(3,4)24(5,6)32-25;1-2-22(18,19)14-6-3-12(4-7-14)21-13-5-8-15-11(9-13)10-20-16(15)17;1-2-4-5-3-1;;;/h9-15H,7-8,16-17H2,1-6H3;3-9,17H,2,10H2,1H3;1-4H2;2*1H4;1H. The van der Waals surface area contributed by atoms with Crippen molar-refractivity contribution in [1.29, 1.82) is 0 Å². The summed E-state index contributed by atoms with van der Waals surface area (Å²) in [6.07, 6.45) is 2.56. The van der Waals surface area contributed by atoms with Crippen molar-refractivity contribution in [1.82, 2.24) is 0 Å². The SMILES string of the molecule is C.C.C1CCOC1.CCOCOCc1cc(Oc2ccc(S(=O)(=O)CC)cc2)ccc1B1OC(C)(C)C(C)(C)O1.CCS(=O)(=O)c1ccc(Oc2ccc3c(c2)COB3O)cc1.Cl. The van der Waals surface area contributed by atoms with Gasteiger partial charge in [0.05, 0.1) is 45.7 Å². The van der Waals surface area contributed by atoms with Crippen LogP contribution in [0.3, 0.4) is 0 Å². The van der Waals surface area contributed by atoms with Crippen molar-refractivity contribution in [3.63, 3.8) is 0 Å². The third-order valence-corrected chi connectivity index (χ3v) is 14.0. The summed E-state index contributed by atoms with van der Waals surface area (Å²) in [6, 6.07) is 23.7. The summed E-state index contributed by atoms with van der Waals surface area (Å²) in [4.78, 5) is 0.561. The molecule has 7 rings (SSSR count). The van der Waals surface area contributed by atoms with Crippen LogP contribution in [0.1, 0.15) is 87.3 Å². The maximum Gasteiger partial charge on any atom is 0.495 e. The molecule has 0 saturated carbocycles. The minimum Gasteiger partial charge on any atom is -0.457 e. The summed E-state index contributed by atoms with van der Waals surface area (Å²) in [6.45, 7) is 16.6. The molecule has 1 N–H and O–H groups in total. The van der Waals surface area contributed by atoms with Gasteiger partial charge < -0.3 is 42.7 Å². The Hall–Kier alpha value is -3.48. The van der Waals surface area contributed by atoms with Gasteiger partial charge in [0.1, 0.15) is 29.8 Å². The lowest BCUT2D eigenvalue weighted by molar-refractivity contribution is -0.0570. The second-order valence-corrected chi connectivity index (χ2v) is 19.8. The van der Waals surface area contributed by atoms with Crippen LogP contribution in [0.25, 0.3) is 0 Å². The van der Waals surface area contributed by atoms with Crippen molar-refractivity contribution < 1.29 is 59.5 Å². The van der Waals surface area contributed by atoms with E-state index in [4.69, 9.17) is 37.6 Å². The summed E-state index contributed by atoms with van der Waals surface area (Å²) < 4.78 is 92.7. The number of ether oxygens (including phenoxy) is 5. The molecule has 0 bridgehead atoms. The molecule has 0 spiro atoms. The number of benzene rings is 4. The summed E-state index contributed by atoms with van der Waals surface area (Å²) in [5, 5.41) is 9.57. The first-order valence-electron chi connectivity index (χ1n) is 20.1. The van der Waals surface area contributed by atoms with Crippen molar-refractivity contribution in [2.45, 2.75) is 110 Å². The largest absolute Gasteiger partial charge is 0.495 e. The number of rotatable bonds is 14. The highest BCUT2D eigenvalue weighted by Crippen LogP contribution is 2.37. The van der Waals surface area contributed by atoms with Gasteiger partial charge in [-0.2, -0.15) is 0 Å². The molecule has 0 unspecified atom stereocenters. The fourth-order valence-corrected chi connectivity index (χ4v) is 7.85. The third-order valence-electron chi connectivity index (χ3n) is 10.5. The van der Waals surface area contributed by atoms with Crippen molar-refractivity contribution in [3.05, 3.63) is 96.1 Å². The topological polar surface area (TPSA) is 162 Å². The van der Waals surface area contributed by atoms with Crippen LogP contribution in [-0.4, -0.2) is 85.4 Å². The number of fused-ring (bicyclic) bond motifs is 1. The highest BCUT2D eigenvalue weighted by molar-refractivity contribution is 7.91. The van der Waals surface area contributed by atoms with E-state index in [0.29, 0.717) is 42.8 Å². The van der Waals surface area contributed by atoms with Gasteiger partial charge in [-0.3, -0.25) is 0 Å². The fourth-order valence-electron chi connectivity index (χ4n) is 6.08. The quantitative estimate of drug-likeness (QED) is 0.0735. The maximum absolute atomic E-state index is 12.0. The predicted molar refractivity (Wildman–Crippen MR) is 252 cm³/mol. The van der Waals surface area contributed by atoms with Crippen LogP contribution in [0.4, 0.5) is 0 Å². The Labute approximate surface area is 382 Å². The van der Waals surface area contributed by atoms with Gasteiger partial charge in [-0.25, -0.2) is 16.8 Å². The molecule has 0 amide bonds. The average Bonchev–Trinajstić information content (AvgIpc) is 3.98. The summed E-state index contributed by atoms with van der Waals surface area (Å²) in [5.41, 5.74) is 2.43.